The molecule has 0 aliphatic carbocycles. The molecule has 1 N–H and O–H groups in total. The van der Waals surface area contributed by atoms with E-state index in [4.69, 9.17) is 0 Å². The van der Waals surface area contributed by atoms with Crippen LogP contribution in [0.3, 0.4) is 0 Å². The van der Waals surface area contributed by atoms with E-state index in [1.807, 2.05) is 0 Å². The zero-order valence-electron chi connectivity index (χ0n) is 6.25. The lowest BCUT2D eigenvalue weighted by Crippen LogP contribution is -1.87. The van der Waals surface area contributed by atoms with E-state index >= 15 is 0 Å². The number of thioether (sulfide) groups is 1. The van der Waals surface area contributed by atoms with E-state index in [1.165, 1.54) is 23.3 Å². The van der Waals surface area contributed by atoms with Crippen LogP contribution >= 0.6 is 23.3 Å². The maximum absolute atomic E-state index is 11.0. The van der Waals surface area contributed by atoms with Gasteiger partial charge in [0.1, 0.15) is 10.7 Å². The molecule has 1 aromatic rings. The van der Waals surface area contributed by atoms with Crippen LogP contribution in [0.25, 0.3) is 0 Å². The standard InChI is InChI=1S/C6H8N2OS2/c1-7-5-3-4(11-8-5)6(9)10-2/h3H,1-2H3,(H,7,8). The fourth-order valence-electron chi connectivity index (χ4n) is 0.590. The lowest BCUT2D eigenvalue weighted by atomic mass is 10.5. The molecule has 0 atom stereocenters. The Morgan fingerprint density at radius 3 is 3.00 bits per heavy atom. The maximum Gasteiger partial charge on any atom is 0.230 e. The summed E-state index contributed by atoms with van der Waals surface area (Å²) in [6.45, 7) is 0. The van der Waals surface area contributed by atoms with E-state index in [2.05, 4.69) is 9.69 Å². The summed E-state index contributed by atoms with van der Waals surface area (Å²) in [5.74, 6) is 0.757. The number of hydrogen-bond donors (Lipinski definition) is 1. The van der Waals surface area contributed by atoms with Gasteiger partial charge in [-0.05, 0) is 17.8 Å². The van der Waals surface area contributed by atoms with Gasteiger partial charge in [0.15, 0.2) is 0 Å². The Hall–Kier alpha value is -0.550. The van der Waals surface area contributed by atoms with E-state index in [1.54, 1.807) is 19.4 Å². The molecular weight excluding hydrogens is 180 g/mol. The van der Waals surface area contributed by atoms with Gasteiger partial charge in [-0.2, -0.15) is 4.37 Å². The van der Waals surface area contributed by atoms with Crippen molar-refractivity contribution in [2.24, 2.45) is 0 Å². The summed E-state index contributed by atoms with van der Waals surface area (Å²) < 4.78 is 4.00. The van der Waals surface area contributed by atoms with E-state index in [0.29, 0.717) is 4.88 Å². The highest BCUT2D eigenvalue weighted by Crippen LogP contribution is 2.18. The molecular formula is C6H8N2OS2. The Kier molecular flexibility index (Phi) is 2.90. The Balaban J connectivity index is 2.80. The van der Waals surface area contributed by atoms with Crippen LogP contribution in [-0.2, 0) is 0 Å². The van der Waals surface area contributed by atoms with Gasteiger partial charge in [0.2, 0.25) is 5.12 Å². The van der Waals surface area contributed by atoms with Crippen molar-refractivity contribution in [2.45, 2.75) is 0 Å². The topological polar surface area (TPSA) is 42.0 Å². The van der Waals surface area contributed by atoms with Gasteiger partial charge in [-0.1, -0.05) is 11.8 Å². The van der Waals surface area contributed by atoms with Crippen molar-refractivity contribution in [3.63, 3.8) is 0 Å². The average Bonchev–Trinajstić information content (AvgIpc) is 2.50. The Labute approximate surface area is 73.4 Å². The number of nitrogens with zero attached hydrogens (tertiary/aromatic N) is 1. The molecule has 0 bridgehead atoms. The van der Waals surface area contributed by atoms with Gasteiger partial charge in [-0.15, -0.1) is 0 Å². The first-order valence-corrected chi connectivity index (χ1v) is 5.00. The van der Waals surface area contributed by atoms with Gasteiger partial charge in [-0.3, -0.25) is 4.79 Å². The predicted molar refractivity (Wildman–Crippen MR) is 49.5 cm³/mol. The molecule has 0 spiro atoms. The first-order chi connectivity index (χ1) is 5.27. The zero-order chi connectivity index (χ0) is 8.27. The van der Waals surface area contributed by atoms with Crippen LogP contribution in [0.15, 0.2) is 6.07 Å². The van der Waals surface area contributed by atoms with Crippen LogP contribution in [0.1, 0.15) is 9.67 Å². The van der Waals surface area contributed by atoms with E-state index in [0.717, 1.165) is 5.82 Å². The second-order valence-corrected chi connectivity index (χ2v) is 3.40. The smallest absolute Gasteiger partial charge is 0.230 e. The molecule has 0 fully saturated rings. The molecule has 1 aromatic heterocycles. The van der Waals surface area contributed by atoms with Crippen molar-refractivity contribution in [1.29, 1.82) is 0 Å². The third-order valence-corrected chi connectivity index (χ3v) is 2.66. The summed E-state index contributed by atoms with van der Waals surface area (Å²) in [4.78, 5) is 11.7. The number of nitrogens with one attached hydrogen (secondary N) is 1. The summed E-state index contributed by atoms with van der Waals surface area (Å²) in [5, 5.41) is 2.94. The highest BCUT2D eigenvalue weighted by atomic mass is 32.2. The van der Waals surface area contributed by atoms with E-state index in [-0.39, 0.29) is 5.12 Å². The van der Waals surface area contributed by atoms with Gasteiger partial charge in [-0.25, -0.2) is 0 Å². The fraction of sp³-hybridized carbons (Fsp3) is 0.333. The Bertz CT molecular complexity index is 259. The fourth-order valence-corrected chi connectivity index (χ4v) is 1.79. The largest absolute Gasteiger partial charge is 0.372 e. The van der Waals surface area contributed by atoms with Crippen molar-refractivity contribution >= 4 is 34.2 Å². The number of hydrogen-bond acceptors (Lipinski definition) is 5. The predicted octanol–water partition coefficient (Wildman–Crippen LogP) is 1.69. The minimum atomic E-state index is 0.0731. The van der Waals surface area contributed by atoms with Crippen LogP contribution < -0.4 is 5.32 Å². The van der Waals surface area contributed by atoms with Crippen LogP contribution in [0, 0.1) is 0 Å². The summed E-state index contributed by atoms with van der Waals surface area (Å²) >= 11 is 2.43. The first kappa shape index (κ1) is 8.55. The monoisotopic (exact) mass is 188 g/mol. The molecule has 0 saturated heterocycles. The highest BCUT2D eigenvalue weighted by Gasteiger charge is 2.07. The van der Waals surface area contributed by atoms with Crippen molar-refractivity contribution < 1.29 is 4.79 Å². The normalized spacial score (nSPS) is 9.64. The zero-order valence-corrected chi connectivity index (χ0v) is 7.88. The molecule has 0 saturated carbocycles. The van der Waals surface area contributed by atoms with E-state index in [9.17, 15) is 4.79 Å². The van der Waals surface area contributed by atoms with E-state index < -0.39 is 0 Å². The molecule has 0 aliphatic heterocycles. The van der Waals surface area contributed by atoms with Crippen LogP contribution in [0.4, 0.5) is 5.82 Å². The van der Waals surface area contributed by atoms with Gasteiger partial charge in [0.25, 0.3) is 0 Å². The number of aromatic nitrogens is 1. The molecule has 0 aliphatic rings. The molecule has 1 rings (SSSR count). The molecule has 0 radical (unpaired) electrons. The molecule has 0 amide bonds. The van der Waals surface area contributed by atoms with Crippen molar-refractivity contribution in [2.75, 3.05) is 18.6 Å². The molecule has 11 heavy (non-hydrogen) atoms. The molecule has 5 heteroatoms. The lowest BCUT2D eigenvalue weighted by Gasteiger charge is -1.87. The van der Waals surface area contributed by atoms with Crippen molar-refractivity contribution in [3.8, 4) is 0 Å². The average molecular weight is 188 g/mol. The third-order valence-electron chi connectivity index (χ3n) is 1.15. The summed E-state index contributed by atoms with van der Waals surface area (Å²) in [7, 11) is 1.78. The van der Waals surface area contributed by atoms with Gasteiger partial charge < -0.3 is 5.32 Å². The Morgan fingerprint density at radius 1 is 1.82 bits per heavy atom. The molecule has 0 aromatic carbocycles. The quantitative estimate of drug-likeness (QED) is 0.767. The molecule has 1 heterocycles. The summed E-state index contributed by atoms with van der Waals surface area (Å²) in [6, 6.07) is 1.75. The van der Waals surface area contributed by atoms with Crippen molar-refractivity contribution in [1.82, 2.24) is 4.37 Å². The minimum absolute atomic E-state index is 0.0731. The number of carbonyl (C=O) groups is 1. The second kappa shape index (κ2) is 3.73. The minimum Gasteiger partial charge on any atom is -0.372 e. The lowest BCUT2D eigenvalue weighted by molar-refractivity contribution is 0.109. The van der Waals surface area contributed by atoms with Crippen LogP contribution in [0.5, 0.6) is 0 Å². The molecule has 60 valence electrons. The highest BCUT2D eigenvalue weighted by molar-refractivity contribution is 8.13. The van der Waals surface area contributed by atoms with Gasteiger partial charge in [0.05, 0.1) is 0 Å². The summed E-state index contributed by atoms with van der Waals surface area (Å²) in [5.41, 5.74) is 0. The van der Waals surface area contributed by atoms with Crippen LogP contribution in [-0.4, -0.2) is 22.8 Å². The third kappa shape index (κ3) is 1.94. The van der Waals surface area contributed by atoms with Crippen LogP contribution in [0.2, 0.25) is 0 Å². The SMILES string of the molecule is CNc1cc(C(=O)SC)sn1. The first-order valence-electron chi connectivity index (χ1n) is 3.00. The molecule has 3 nitrogen and oxygen atoms in total. The number of anilines is 1. The number of rotatable bonds is 2. The summed E-state index contributed by atoms with van der Waals surface area (Å²) in [6.07, 6.45) is 1.76. The number of carbonyl (C=O) groups excluding carboxylic acids is 1. The second-order valence-electron chi connectivity index (χ2n) is 1.82. The Morgan fingerprint density at radius 2 is 2.55 bits per heavy atom. The van der Waals surface area contributed by atoms with Crippen molar-refractivity contribution in [3.05, 3.63) is 10.9 Å². The van der Waals surface area contributed by atoms with Gasteiger partial charge in [0, 0.05) is 13.1 Å². The molecule has 0 unspecified atom stereocenters. The maximum atomic E-state index is 11.0. The van der Waals surface area contributed by atoms with Gasteiger partial charge >= 0.3 is 0 Å².